The van der Waals surface area contributed by atoms with Gasteiger partial charge in [0, 0.05) is 13.0 Å². The van der Waals surface area contributed by atoms with E-state index in [4.69, 9.17) is 27.9 Å². The fourth-order valence-corrected chi connectivity index (χ4v) is 1.66. The summed E-state index contributed by atoms with van der Waals surface area (Å²) in [4.78, 5) is 11.7. The molecule has 0 heterocycles. The number of rotatable bonds is 5. The van der Waals surface area contributed by atoms with E-state index in [9.17, 15) is 4.79 Å². The normalized spacial score (nSPS) is 12.5. The molecule has 1 rings (SSSR count). The zero-order valence-corrected chi connectivity index (χ0v) is 10.8. The van der Waals surface area contributed by atoms with Crippen LogP contribution in [0, 0.1) is 0 Å². The molecule has 1 aromatic carbocycles. The van der Waals surface area contributed by atoms with Crippen LogP contribution in [0.25, 0.3) is 0 Å². The average Bonchev–Trinajstić information content (AvgIpc) is 2.24. The summed E-state index contributed by atoms with van der Waals surface area (Å²) in [6.07, 6.45) is -0.0580. The molecule has 4 heteroatoms. The van der Waals surface area contributed by atoms with E-state index in [-0.39, 0.29) is 11.9 Å². The van der Waals surface area contributed by atoms with Gasteiger partial charge >= 0.3 is 0 Å². The zero-order chi connectivity index (χ0) is 12.1. The Morgan fingerprint density at radius 2 is 2.06 bits per heavy atom. The van der Waals surface area contributed by atoms with E-state index in [0.717, 1.165) is 5.56 Å². The molecule has 0 fully saturated rings. The molecule has 0 aliphatic carbocycles. The summed E-state index contributed by atoms with van der Waals surface area (Å²) >= 11 is 11.7. The van der Waals surface area contributed by atoms with Crippen molar-refractivity contribution in [3.8, 4) is 0 Å². The Bertz CT molecular complexity index is 377. The zero-order valence-electron chi connectivity index (χ0n) is 9.30. The molecule has 0 aliphatic heterocycles. The molecular weight excluding hydrogens is 247 g/mol. The van der Waals surface area contributed by atoms with Crippen LogP contribution in [0.15, 0.2) is 18.2 Å². The fourth-order valence-electron chi connectivity index (χ4n) is 1.34. The number of carbonyl (C=O) groups is 1. The van der Waals surface area contributed by atoms with Gasteiger partial charge in [-0.3, -0.25) is 4.79 Å². The Balaban J connectivity index is 2.66. The van der Waals surface area contributed by atoms with Gasteiger partial charge < -0.3 is 4.74 Å². The molecule has 0 amide bonds. The number of Topliss-reactive ketones (excluding diaryl/α,β-unsaturated/α-hetero) is 1. The molecule has 0 radical (unpaired) electrons. The Morgan fingerprint density at radius 3 is 2.62 bits per heavy atom. The van der Waals surface area contributed by atoms with Gasteiger partial charge in [0.25, 0.3) is 0 Å². The molecule has 0 bridgehead atoms. The van der Waals surface area contributed by atoms with Gasteiger partial charge in [0.2, 0.25) is 0 Å². The van der Waals surface area contributed by atoms with Crippen LogP contribution in [0.4, 0.5) is 0 Å². The standard InChI is InChI=1S/C12H14Cl2O2/c1-3-16-8(2)12(15)7-9-4-5-10(13)11(14)6-9/h4-6,8H,3,7H2,1-2H3. The molecular formula is C12H14Cl2O2. The van der Waals surface area contributed by atoms with Crippen LogP contribution >= 0.6 is 23.2 Å². The fraction of sp³-hybridized carbons (Fsp3) is 0.417. The van der Waals surface area contributed by atoms with E-state index in [1.165, 1.54) is 0 Å². The van der Waals surface area contributed by atoms with Crippen molar-refractivity contribution >= 4 is 29.0 Å². The van der Waals surface area contributed by atoms with Crippen molar-refractivity contribution in [2.45, 2.75) is 26.4 Å². The average molecular weight is 261 g/mol. The topological polar surface area (TPSA) is 26.3 Å². The minimum Gasteiger partial charge on any atom is -0.371 e. The SMILES string of the molecule is CCOC(C)C(=O)Cc1ccc(Cl)c(Cl)c1. The summed E-state index contributed by atoms with van der Waals surface area (Å²) in [5, 5.41) is 0.965. The maximum absolute atomic E-state index is 11.7. The highest BCUT2D eigenvalue weighted by atomic mass is 35.5. The Kier molecular flexibility index (Phi) is 5.26. The Morgan fingerprint density at radius 1 is 1.38 bits per heavy atom. The molecule has 0 N–H and O–H groups in total. The van der Waals surface area contributed by atoms with Gasteiger partial charge in [-0.15, -0.1) is 0 Å². The van der Waals surface area contributed by atoms with Crippen LogP contribution < -0.4 is 0 Å². The number of carbonyl (C=O) groups excluding carboxylic acids is 1. The van der Waals surface area contributed by atoms with Crippen molar-refractivity contribution in [1.29, 1.82) is 0 Å². The highest BCUT2D eigenvalue weighted by molar-refractivity contribution is 6.42. The number of hydrogen-bond donors (Lipinski definition) is 0. The number of ketones is 1. The summed E-state index contributed by atoms with van der Waals surface area (Å²) in [5.41, 5.74) is 0.853. The van der Waals surface area contributed by atoms with Crippen LogP contribution in [-0.2, 0) is 16.0 Å². The molecule has 0 saturated heterocycles. The first kappa shape index (κ1) is 13.5. The van der Waals surface area contributed by atoms with Crippen LogP contribution in [0.5, 0.6) is 0 Å². The van der Waals surface area contributed by atoms with Crippen LogP contribution in [0.2, 0.25) is 10.0 Å². The maximum Gasteiger partial charge on any atom is 0.165 e. The van der Waals surface area contributed by atoms with Crippen molar-refractivity contribution in [3.05, 3.63) is 33.8 Å². The number of ether oxygens (including phenoxy) is 1. The van der Waals surface area contributed by atoms with Crippen molar-refractivity contribution in [2.24, 2.45) is 0 Å². The number of hydrogen-bond acceptors (Lipinski definition) is 2. The molecule has 1 aromatic rings. The lowest BCUT2D eigenvalue weighted by molar-refractivity contribution is -0.128. The third-order valence-corrected chi connectivity index (χ3v) is 2.97. The molecule has 0 spiro atoms. The minimum atomic E-state index is -0.376. The molecule has 0 aliphatic rings. The van der Waals surface area contributed by atoms with Crippen molar-refractivity contribution < 1.29 is 9.53 Å². The van der Waals surface area contributed by atoms with Gasteiger partial charge in [-0.25, -0.2) is 0 Å². The molecule has 16 heavy (non-hydrogen) atoms. The predicted molar refractivity (Wildman–Crippen MR) is 66.3 cm³/mol. The number of benzene rings is 1. The van der Waals surface area contributed by atoms with E-state index >= 15 is 0 Å². The summed E-state index contributed by atoms with van der Waals surface area (Å²) in [5.74, 6) is 0.0419. The van der Waals surface area contributed by atoms with Gasteiger partial charge in [-0.05, 0) is 31.5 Å². The Hall–Kier alpha value is -0.570. The molecule has 88 valence electrons. The second kappa shape index (κ2) is 6.24. The summed E-state index contributed by atoms with van der Waals surface area (Å²) in [7, 11) is 0. The molecule has 0 aromatic heterocycles. The van der Waals surface area contributed by atoms with Gasteiger partial charge in [0.15, 0.2) is 5.78 Å². The van der Waals surface area contributed by atoms with E-state index in [1.807, 2.05) is 6.92 Å². The lowest BCUT2D eigenvalue weighted by Gasteiger charge is -2.10. The highest BCUT2D eigenvalue weighted by Crippen LogP contribution is 2.23. The van der Waals surface area contributed by atoms with Crippen molar-refractivity contribution in [1.82, 2.24) is 0 Å². The maximum atomic E-state index is 11.7. The third kappa shape index (κ3) is 3.78. The minimum absolute atomic E-state index is 0.0419. The summed E-state index contributed by atoms with van der Waals surface area (Å²) < 4.78 is 5.22. The first-order valence-corrected chi connectivity index (χ1v) is 5.88. The van der Waals surface area contributed by atoms with Crippen LogP contribution in [-0.4, -0.2) is 18.5 Å². The van der Waals surface area contributed by atoms with Gasteiger partial charge in [-0.1, -0.05) is 29.3 Å². The molecule has 2 nitrogen and oxygen atoms in total. The van der Waals surface area contributed by atoms with E-state index in [2.05, 4.69) is 0 Å². The van der Waals surface area contributed by atoms with E-state index < -0.39 is 0 Å². The largest absolute Gasteiger partial charge is 0.371 e. The molecule has 0 saturated carbocycles. The quantitative estimate of drug-likeness (QED) is 0.810. The monoisotopic (exact) mass is 260 g/mol. The summed E-state index contributed by atoms with van der Waals surface area (Å²) in [6.45, 7) is 4.15. The first-order chi connectivity index (χ1) is 7.54. The van der Waals surface area contributed by atoms with Crippen LogP contribution in [0.1, 0.15) is 19.4 Å². The second-order valence-corrected chi connectivity index (χ2v) is 4.30. The second-order valence-electron chi connectivity index (χ2n) is 3.49. The Labute approximate surface area is 106 Å². The number of halogens is 2. The van der Waals surface area contributed by atoms with Crippen LogP contribution in [0.3, 0.4) is 0 Å². The predicted octanol–water partition coefficient (Wildman–Crippen LogP) is 3.53. The van der Waals surface area contributed by atoms with Crippen molar-refractivity contribution in [3.63, 3.8) is 0 Å². The smallest absolute Gasteiger partial charge is 0.165 e. The lowest BCUT2D eigenvalue weighted by atomic mass is 10.1. The van der Waals surface area contributed by atoms with E-state index in [0.29, 0.717) is 23.1 Å². The summed E-state index contributed by atoms with van der Waals surface area (Å²) in [6, 6.07) is 5.20. The van der Waals surface area contributed by atoms with Gasteiger partial charge in [-0.2, -0.15) is 0 Å². The lowest BCUT2D eigenvalue weighted by Crippen LogP contribution is -2.22. The molecule has 1 unspecified atom stereocenters. The van der Waals surface area contributed by atoms with Gasteiger partial charge in [0.05, 0.1) is 10.0 Å². The molecule has 1 atom stereocenters. The van der Waals surface area contributed by atoms with Crippen molar-refractivity contribution in [2.75, 3.05) is 6.61 Å². The third-order valence-electron chi connectivity index (χ3n) is 2.23. The highest BCUT2D eigenvalue weighted by Gasteiger charge is 2.13. The van der Waals surface area contributed by atoms with E-state index in [1.54, 1.807) is 25.1 Å². The first-order valence-electron chi connectivity index (χ1n) is 5.12. The van der Waals surface area contributed by atoms with Gasteiger partial charge in [0.1, 0.15) is 6.10 Å².